The number of hydrogen-bond acceptors (Lipinski definition) is 1. The highest BCUT2D eigenvalue weighted by molar-refractivity contribution is 9.08. The van der Waals surface area contributed by atoms with Gasteiger partial charge in [0.05, 0.1) is 0 Å². The quantitative estimate of drug-likeness (QED) is 0.748. The zero-order valence-corrected chi connectivity index (χ0v) is 7.63. The minimum Gasteiger partial charge on any atom is -0.508 e. The Labute approximate surface area is 74.5 Å². The van der Waals surface area contributed by atoms with Gasteiger partial charge in [-0.3, -0.25) is 0 Å². The maximum Gasteiger partial charge on any atom is 0.119 e. The van der Waals surface area contributed by atoms with Gasteiger partial charge in [-0.05, 0) is 17.7 Å². The fourth-order valence-corrected chi connectivity index (χ4v) is 1.29. The minimum atomic E-state index is 0.326. The zero-order chi connectivity index (χ0) is 8.27. The fourth-order valence-electron chi connectivity index (χ4n) is 0.839. The van der Waals surface area contributed by atoms with Gasteiger partial charge in [0.25, 0.3) is 0 Å². The first kappa shape index (κ1) is 8.34. The molecule has 0 atom stereocenters. The molecule has 0 saturated carbocycles. The fraction of sp³-hybridized carbons (Fsp3) is 0.111. The molecule has 0 amide bonds. The summed E-state index contributed by atoms with van der Waals surface area (Å²) in [5, 5.41) is 9.93. The normalized spacial score (nSPS) is 9.55. The summed E-state index contributed by atoms with van der Waals surface area (Å²) in [5.41, 5.74) is 1.92. The average Bonchev–Trinajstić information content (AvgIpc) is 2.05. The zero-order valence-electron chi connectivity index (χ0n) is 6.05. The Morgan fingerprint density at radius 2 is 2.27 bits per heavy atom. The van der Waals surface area contributed by atoms with Gasteiger partial charge in [0.2, 0.25) is 0 Å². The summed E-state index contributed by atoms with van der Waals surface area (Å²) in [6.45, 7) is 3.64. The lowest BCUT2D eigenvalue weighted by atomic mass is 10.1. The van der Waals surface area contributed by atoms with Crippen LogP contribution in [-0.4, -0.2) is 5.11 Å². The molecule has 0 radical (unpaired) electrons. The van der Waals surface area contributed by atoms with Gasteiger partial charge in [-0.25, -0.2) is 0 Å². The number of hydrogen-bond donors (Lipinski definition) is 1. The lowest BCUT2D eigenvalue weighted by molar-refractivity contribution is 0.471. The van der Waals surface area contributed by atoms with Crippen LogP contribution in [0.2, 0.25) is 0 Å². The molecule has 2 heteroatoms. The van der Waals surface area contributed by atoms with Crippen molar-refractivity contribution in [1.29, 1.82) is 0 Å². The lowest BCUT2D eigenvalue weighted by Gasteiger charge is -2.00. The highest BCUT2D eigenvalue weighted by Gasteiger charge is 1.98. The largest absolute Gasteiger partial charge is 0.508 e. The van der Waals surface area contributed by atoms with Gasteiger partial charge < -0.3 is 5.11 Å². The van der Waals surface area contributed by atoms with Crippen LogP contribution in [0, 0.1) is 0 Å². The monoisotopic (exact) mass is 212 g/mol. The molecule has 58 valence electrons. The van der Waals surface area contributed by atoms with E-state index in [0.29, 0.717) is 11.1 Å². The Hall–Kier alpha value is -0.760. The van der Waals surface area contributed by atoms with Gasteiger partial charge in [-0.1, -0.05) is 34.7 Å². The second kappa shape index (κ2) is 3.58. The van der Waals surface area contributed by atoms with Crippen molar-refractivity contribution >= 4 is 22.0 Å². The minimum absolute atomic E-state index is 0.326. The van der Waals surface area contributed by atoms with Crippen molar-refractivity contribution in [2.24, 2.45) is 0 Å². The number of halogens is 1. The first-order valence-electron chi connectivity index (χ1n) is 3.28. The van der Waals surface area contributed by atoms with Crippen LogP contribution >= 0.6 is 15.9 Å². The molecule has 0 aliphatic heterocycles. The van der Waals surface area contributed by atoms with Gasteiger partial charge in [0.15, 0.2) is 0 Å². The van der Waals surface area contributed by atoms with E-state index in [1.807, 2.05) is 12.1 Å². The molecule has 0 fully saturated rings. The number of rotatable bonds is 2. The first-order valence-corrected chi connectivity index (χ1v) is 4.40. The van der Waals surface area contributed by atoms with E-state index in [2.05, 4.69) is 22.5 Å². The van der Waals surface area contributed by atoms with Gasteiger partial charge >= 0.3 is 0 Å². The Morgan fingerprint density at radius 3 is 2.82 bits per heavy atom. The molecule has 0 aromatic heterocycles. The molecule has 0 bridgehead atoms. The molecular weight excluding hydrogens is 204 g/mol. The third-order valence-electron chi connectivity index (χ3n) is 1.48. The maximum absolute atomic E-state index is 9.27. The Bertz CT molecular complexity index is 268. The van der Waals surface area contributed by atoms with E-state index >= 15 is 0 Å². The summed E-state index contributed by atoms with van der Waals surface area (Å²) in [7, 11) is 0. The average molecular weight is 213 g/mol. The summed E-state index contributed by atoms with van der Waals surface area (Å²) >= 11 is 3.28. The Morgan fingerprint density at radius 1 is 1.55 bits per heavy atom. The maximum atomic E-state index is 9.27. The molecule has 0 heterocycles. The van der Waals surface area contributed by atoms with Gasteiger partial charge in [-0.15, -0.1) is 0 Å². The molecule has 1 rings (SSSR count). The molecular formula is C9H9BrO. The number of phenolic OH excluding ortho intramolecular Hbond substituents is 1. The summed E-state index contributed by atoms with van der Waals surface area (Å²) < 4.78 is 0. The van der Waals surface area contributed by atoms with Crippen LogP contribution in [0.25, 0.3) is 6.08 Å². The van der Waals surface area contributed by atoms with Crippen molar-refractivity contribution in [2.45, 2.75) is 5.33 Å². The third kappa shape index (κ3) is 1.84. The van der Waals surface area contributed by atoms with Gasteiger partial charge in [-0.2, -0.15) is 0 Å². The predicted molar refractivity (Wildman–Crippen MR) is 50.8 cm³/mol. The van der Waals surface area contributed by atoms with E-state index in [0.717, 1.165) is 11.1 Å². The number of alkyl halides is 1. The molecule has 1 nitrogen and oxygen atoms in total. The summed E-state index contributed by atoms with van der Waals surface area (Å²) in [6.07, 6.45) is 1.76. The van der Waals surface area contributed by atoms with Gasteiger partial charge in [0.1, 0.15) is 5.75 Å². The van der Waals surface area contributed by atoms with E-state index in [4.69, 9.17) is 0 Å². The predicted octanol–water partition coefficient (Wildman–Crippen LogP) is 2.93. The van der Waals surface area contributed by atoms with Crippen LogP contribution in [0.1, 0.15) is 11.1 Å². The van der Waals surface area contributed by atoms with Crippen molar-refractivity contribution in [2.75, 3.05) is 0 Å². The van der Waals surface area contributed by atoms with Crippen molar-refractivity contribution in [3.63, 3.8) is 0 Å². The molecule has 0 aliphatic rings. The lowest BCUT2D eigenvalue weighted by Crippen LogP contribution is -1.80. The molecule has 0 aliphatic carbocycles. The standard InChI is InChI=1S/C9H9BrO/c1-2-7-3-4-9(11)8(5-7)6-10/h2-5,11H,1,6H2. The smallest absolute Gasteiger partial charge is 0.119 e. The van der Waals surface area contributed by atoms with E-state index in [1.165, 1.54) is 0 Å². The summed E-state index contributed by atoms with van der Waals surface area (Å²) in [6, 6.07) is 5.40. The second-order valence-electron chi connectivity index (χ2n) is 2.23. The molecule has 1 aromatic rings. The van der Waals surface area contributed by atoms with Crippen LogP contribution in [0.4, 0.5) is 0 Å². The van der Waals surface area contributed by atoms with Crippen LogP contribution in [-0.2, 0) is 5.33 Å². The topological polar surface area (TPSA) is 20.2 Å². The number of benzene rings is 1. The molecule has 11 heavy (non-hydrogen) atoms. The van der Waals surface area contributed by atoms with Crippen molar-refractivity contribution < 1.29 is 5.11 Å². The summed E-state index contributed by atoms with van der Waals surface area (Å²) in [4.78, 5) is 0. The number of aromatic hydroxyl groups is 1. The molecule has 0 unspecified atom stereocenters. The molecule has 0 spiro atoms. The second-order valence-corrected chi connectivity index (χ2v) is 2.79. The van der Waals surface area contributed by atoms with E-state index in [9.17, 15) is 5.11 Å². The van der Waals surface area contributed by atoms with Crippen LogP contribution in [0.5, 0.6) is 5.75 Å². The van der Waals surface area contributed by atoms with Crippen LogP contribution in [0.3, 0.4) is 0 Å². The van der Waals surface area contributed by atoms with E-state index < -0.39 is 0 Å². The molecule has 1 aromatic carbocycles. The molecule has 0 saturated heterocycles. The van der Waals surface area contributed by atoms with Crippen LogP contribution in [0.15, 0.2) is 24.8 Å². The van der Waals surface area contributed by atoms with Crippen molar-refractivity contribution in [3.8, 4) is 5.75 Å². The Kier molecular flexibility index (Phi) is 2.71. The van der Waals surface area contributed by atoms with Crippen molar-refractivity contribution in [3.05, 3.63) is 35.9 Å². The summed E-state index contributed by atoms with van der Waals surface area (Å²) in [5.74, 6) is 0.326. The third-order valence-corrected chi connectivity index (χ3v) is 2.09. The number of phenols is 1. The van der Waals surface area contributed by atoms with E-state index in [1.54, 1.807) is 12.1 Å². The Balaban J connectivity index is 3.12. The first-order chi connectivity index (χ1) is 5.27. The highest BCUT2D eigenvalue weighted by atomic mass is 79.9. The highest BCUT2D eigenvalue weighted by Crippen LogP contribution is 2.21. The SMILES string of the molecule is C=Cc1ccc(O)c(CBr)c1. The van der Waals surface area contributed by atoms with Crippen LogP contribution < -0.4 is 0 Å². The molecule has 1 N–H and O–H groups in total. The van der Waals surface area contributed by atoms with Gasteiger partial charge in [0, 0.05) is 10.9 Å². The van der Waals surface area contributed by atoms with E-state index in [-0.39, 0.29) is 0 Å². The van der Waals surface area contributed by atoms with Crippen molar-refractivity contribution in [1.82, 2.24) is 0 Å².